The Bertz CT molecular complexity index is 211. The second-order valence-corrected chi connectivity index (χ2v) is 4.66. The maximum absolute atomic E-state index is 11.9. The normalized spacial score (nSPS) is 24.3. The highest BCUT2D eigenvalue weighted by Gasteiger charge is 2.30. The van der Waals surface area contributed by atoms with Gasteiger partial charge < -0.3 is 10.2 Å². The minimum Gasteiger partial charge on any atom is -0.339 e. The third-order valence-corrected chi connectivity index (χ3v) is 3.23. The summed E-state index contributed by atoms with van der Waals surface area (Å²) in [6.45, 7) is 6.32. The Morgan fingerprint density at radius 1 is 1.50 bits per heavy atom. The molecule has 1 saturated heterocycles. The summed E-state index contributed by atoms with van der Waals surface area (Å²) in [5.41, 5.74) is 0. The predicted octanol–water partition coefficient (Wildman–Crippen LogP) is 2.05. The number of nitrogens with one attached hydrogen (secondary N) is 1. The Kier molecular flexibility index (Phi) is 7.77. The summed E-state index contributed by atoms with van der Waals surface area (Å²) in [4.78, 5) is 14.0. The second-order valence-electron chi connectivity index (χ2n) is 4.66. The predicted molar refractivity (Wildman–Crippen MR) is 70.0 cm³/mol. The standard InChI is InChI=1S/C12H24N2O.ClH/c1-4-11-8-10(2)9-14(11)12(15)6-5-7-13-3;/h10-11,13H,4-9H2,1-3H3;1H. The van der Waals surface area contributed by atoms with E-state index in [1.54, 1.807) is 0 Å². The molecule has 1 aliphatic heterocycles. The average Bonchev–Trinajstić information content (AvgIpc) is 2.60. The van der Waals surface area contributed by atoms with Gasteiger partial charge in [0.25, 0.3) is 0 Å². The Labute approximate surface area is 105 Å². The molecule has 1 aliphatic rings. The number of carbonyl (C=O) groups is 1. The fraction of sp³-hybridized carbons (Fsp3) is 0.917. The number of hydrogen-bond donors (Lipinski definition) is 1. The first kappa shape index (κ1) is 15.7. The van der Waals surface area contributed by atoms with Crippen LogP contribution in [0, 0.1) is 5.92 Å². The van der Waals surface area contributed by atoms with Crippen LogP contribution in [0.25, 0.3) is 0 Å². The van der Waals surface area contributed by atoms with Gasteiger partial charge in [-0.2, -0.15) is 0 Å². The summed E-state index contributed by atoms with van der Waals surface area (Å²) >= 11 is 0. The minimum atomic E-state index is 0. The summed E-state index contributed by atoms with van der Waals surface area (Å²) < 4.78 is 0. The van der Waals surface area contributed by atoms with Crippen molar-refractivity contribution in [1.29, 1.82) is 0 Å². The highest BCUT2D eigenvalue weighted by atomic mass is 35.5. The largest absolute Gasteiger partial charge is 0.339 e. The Morgan fingerprint density at radius 3 is 2.75 bits per heavy atom. The molecule has 0 radical (unpaired) electrons. The molecule has 0 bridgehead atoms. The zero-order chi connectivity index (χ0) is 11.3. The molecular weight excluding hydrogens is 224 g/mol. The van der Waals surface area contributed by atoms with Gasteiger partial charge in [0.2, 0.25) is 5.91 Å². The fourth-order valence-corrected chi connectivity index (χ4v) is 2.40. The average molecular weight is 249 g/mol. The van der Waals surface area contributed by atoms with Gasteiger partial charge in [-0.25, -0.2) is 0 Å². The lowest BCUT2D eigenvalue weighted by Crippen LogP contribution is -2.35. The molecule has 1 rings (SSSR count). The van der Waals surface area contributed by atoms with Crippen molar-refractivity contribution in [2.24, 2.45) is 5.92 Å². The molecule has 16 heavy (non-hydrogen) atoms. The zero-order valence-electron chi connectivity index (χ0n) is 10.7. The quantitative estimate of drug-likeness (QED) is 0.756. The third kappa shape index (κ3) is 4.30. The van der Waals surface area contributed by atoms with E-state index in [4.69, 9.17) is 0 Å². The van der Waals surface area contributed by atoms with Gasteiger partial charge in [0, 0.05) is 19.0 Å². The van der Waals surface area contributed by atoms with Gasteiger partial charge in [0.05, 0.1) is 0 Å². The van der Waals surface area contributed by atoms with E-state index < -0.39 is 0 Å². The van der Waals surface area contributed by atoms with Crippen molar-refractivity contribution < 1.29 is 4.79 Å². The molecule has 0 aromatic carbocycles. The number of halogens is 1. The molecule has 2 unspecified atom stereocenters. The van der Waals surface area contributed by atoms with Crippen molar-refractivity contribution >= 4 is 18.3 Å². The monoisotopic (exact) mass is 248 g/mol. The lowest BCUT2D eigenvalue weighted by molar-refractivity contribution is -0.132. The number of carbonyl (C=O) groups excluding carboxylic acids is 1. The SMILES string of the molecule is CCC1CC(C)CN1C(=O)CCCNC.Cl. The summed E-state index contributed by atoms with van der Waals surface area (Å²) in [7, 11) is 1.93. The number of amides is 1. The van der Waals surface area contributed by atoms with Crippen LogP contribution in [0.3, 0.4) is 0 Å². The maximum atomic E-state index is 11.9. The molecule has 0 saturated carbocycles. The number of rotatable bonds is 5. The van der Waals surface area contributed by atoms with Crippen molar-refractivity contribution in [3.8, 4) is 0 Å². The van der Waals surface area contributed by atoms with E-state index in [0.717, 1.165) is 25.9 Å². The van der Waals surface area contributed by atoms with Crippen LogP contribution in [0.5, 0.6) is 0 Å². The molecular formula is C12H25ClN2O. The number of hydrogen-bond acceptors (Lipinski definition) is 2. The van der Waals surface area contributed by atoms with Crippen LogP contribution < -0.4 is 5.32 Å². The molecule has 1 fully saturated rings. The lowest BCUT2D eigenvalue weighted by atomic mass is 10.1. The number of likely N-dealkylation sites (tertiary alicyclic amines) is 1. The van der Waals surface area contributed by atoms with Gasteiger partial charge in [-0.1, -0.05) is 13.8 Å². The van der Waals surface area contributed by atoms with E-state index in [1.165, 1.54) is 6.42 Å². The van der Waals surface area contributed by atoms with E-state index in [0.29, 0.717) is 24.3 Å². The van der Waals surface area contributed by atoms with Crippen molar-refractivity contribution in [3.05, 3.63) is 0 Å². The van der Waals surface area contributed by atoms with Gasteiger partial charge in [0.15, 0.2) is 0 Å². The minimum absolute atomic E-state index is 0. The van der Waals surface area contributed by atoms with E-state index in [9.17, 15) is 4.79 Å². The molecule has 0 aromatic rings. The highest BCUT2D eigenvalue weighted by Crippen LogP contribution is 2.25. The van der Waals surface area contributed by atoms with E-state index in [-0.39, 0.29) is 12.4 Å². The third-order valence-electron chi connectivity index (χ3n) is 3.23. The lowest BCUT2D eigenvalue weighted by Gasteiger charge is -2.23. The van der Waals surface area contributed by atoms with Gasteiger partial charge >= 0.3 is 0 Å². The molecule has 2 atom stereocenters. The topological polar surface area (TPSA) is 32.3 Å². The van der Waals surface area contributed by atoms with Crippen molar-refractivity contribution in [1.82, 2.24) is 10.2 Å². The molecule has 0 spiro atoms. The van der Waals surface area contributed by atoms with Gasteiger partial charge in [-0.15, -0.1) is 12.4 Å². The van der Waals surface area contributed by atoms with Gasteiger partial charge in [-0.3, -0.25) is 4.79 Å². The van der Waals surface area contributed by atoms with Crippen LogP contribution in [0.15, 0.2) is 0 Å². The molecule has 0 aromatic heterocycles. The molecule has 1 heterocycles. The molecule has 1 N–H and O–H groups in total. The van der Waals surface area contributed by atoms with Gasteiger partial charge in [-0.05, 0) is 38.8 Å². The molecule has 0 aliphatic carbocycles. The Balaban J connectivity index is 0.00000225. The van der Waals surface area contributed by atoms with Crippen LogP contribution >= 0.6 is 12.4 Å². The van der Waals surface area contributed by atoms with E-state index in [2.05, 4.69) is 24.1 Å². The van der Waals surface area contributed by atoms with Crippen molar-refractivity contribution in [2.45, 2.75) is 45.6 Å². The summed E-state index contributed by atoms with van der Waals surface area (Å²) in [6, 6.07) is 0.502. The van der Waals surface area contributed by atoms with Crippen molar-refractivity contribution in [2.75, 3.05) is 20.1 Å². The Hall–Kier alpha value is -0.280. The van der Waals surface area contributed by atoms with E-state index in [1.807, 2.05) is 7.05 Å². The second kappa shape index (κ2) is 7.91. The highest BCUT2D eigenvalue weighted by molar-refractivity contribution is 5.85. The fourth-order valence-electron chi connectivity index (χ4n) is 2.40. The van der Waals surface area contributed by atoms with Gasteiger partial charge in [0.1, 0.15) is 0 Å². The zero-order valence-corrected chi connectivity index (χ0v) is 11.5. The summed E-state index contributed by atoms with van der Waals surface area (Å²) in [5, 5.41) is 3.08. The number of nitrogens with zero attached hydrogens (tertiary/aromatic N) is 1. The van der Waals surface area contributed by atoms with Crippen LogP contribution in [0.1, 0.15) is 39.5 Å². The molecule has 96 valence electrons. The molecule has 4 heteroatoms. The first-order valence-electron chi connectivity index (χ1n) is 6.13. The van der Waals surface area contributed by atoms with Crippen molar-refractivity contribution in [3.63, 3.8) is 0 Å². The smallest absolute Gasteiger partial charge is 0.222 e. The maximum Gasteiger partial charge on any atom is 0.222 e. The molecule has 3 nitrogen and oxygen atoms in total. The van der Waals surface area contributed by atoms with Crippen LogP contribution in [-0.4, -0.2) is 37.0 Å². The first-order chi connectivity index (χ1) is 7.19. The van der Waals surface area contributed by atoms with Crippen LogP contribution in [0.2, 0.25) is 0 Å². The van der Waals surface area contributed by atoms with Crippen LogP contribution in [0.4, 0.5) is 0 Å². The Morgan fingerprint density at radius 2 is 2.19 bits per heavy atom. The summed E-state index contributed by atoms with van der Waals surface area (Å²) in [5.74, 6) is 1.03. The summed E-state index contributed by atoms with van der Waals surface area (Å²) in [6.07, 6.45) is 3.94. The molecule has 1 amide bonds. The van der Waals surface area contributed by atoms with Crippen LogP contribution in [-0.2, 0) is 4.79 Å². The first-order valence-corrected chi connectivity index (χ1v) is 6.13. The van der Waals surface area contributed by atoms with E-state index >= 15 is 0 Å².